The molecule has 0 fully saturated rings. The molecule has 0 saturated carbocycles. The van der Waals surface area contributed by atoms with Crippen molar-refractivity contribution in [1.82, 2.24) is 4.90 Å². The highest BCUT2D eigenvalue weighted by Gasteiger charge is 2.15. The Bertz CT molecular complexity index is 620. The van der Waals surface area contributed by atoms with Gasteiger partial charge in [-0.2, -0.15) is 0 Å². The van der Waals surface area contributed by atoms with Crippen molar-refractivity contribution < 1.29 is 24.4 Å². The molecule has 1 rings (SSSR count). The molecule has 0 saturated heterocycles. The summed E-state index contributed by atoms with van der Waals surface area (Å²) in [4.78, 5) is 35.1. The summed E-state index contributed by atoms with van der Waals surface area (Å²) >= 11 is 0. The van der Waals surface area contributed by atoms with Gasteiger partial charge in [0.25, 0.3) is 5.69 Å². The number of aliphatic hydroxyl groups excluding tert-OH is 1. The molecule has 0 aliphatic rings. The minimum Gasteiger partial charge on any atom is -0.494 e. The van der Waals surface area contributed by atoms with Crippen LogP contribution in [0, 0.1) is 10.1 Å². The predicted molar refractivity (Wildman–Crippen MR) is 101 cm³/mol. The lowest BCUT2D eigenvalue weighted by atomic mass is 10.2. The van der Waals surface area contributed by atoms with Crippen molar-refractivity contribution in [2.75, 3.05) is 26.3 Å². The fourth-order valence-corrected chi connectivity index (χ4v) is 2.67. The highest BCUT2D eigenvalue weighted by Crippen LogP contribution is 2.22. The number of nitrogens with zero attached hydrogens (tertiary/aromatic N) is 2. The average Bonchev–Trinajstić information content (AvgIpc) is 2.67. The van der Waals surface area contributed by atoms with E-state index < -0.39 is 4.92 Å². The first-order valence-corrected chi connectivity index (χ1v) is 9.28. The van der Waals surface area contributed by atoms with Crippen LogP contribution in [0.15, 0.2) is 18.2 Å². The van der Waals surface area contributed by atoms with Gasteiger partial charge >= 0.3 is 0 Å². The van der Waals surface area contributed by atoms with Crippen LogP contribution in [0.25, 0.3) is 0 Å². The largest absolute Gasteiger partial charge is 0.494 e. The lowest BCUT2D eigenvalue weighted by molar-refractivity contribution is -0.385. The quantitative estimate of drug-likeness (QED) is 0.230. The Morgan fingerprint density at radius 1 is 1.26 bits per heavy atom. The first kappa shape index (κ1) is 22.6. The van der Waals surface area contributed by atoms with Crippen molar-refractivity contribution in [3.63, 3.8) is 0 Å². The molecule has 0 radical (unpaired) electrons. The summed E-state index contributed by atoms with van der Waals surface area (Å²) in [6.07, 6.45) is 5.43. The van der Waals surface area contributed by atoms with Crippen molar-refractivity contribution in [2.45, 2.75) is 45.4 Å². The Hall–Kier alpha value is -2.48. The van der Waals surface area contributed by atoms with E-state index in [1.54, 1.807) is 4.90 Å². The molecule has 0 bridgehead atoms. The molecular weight excluding hydrogens is 352 g/mol. The highest BCUT2D eigenvalue weighted by atomic mass is 16.6. The van der Waals surface area contributed by atoms with Crippen LogP contribution in [0.2, 0.25) is 0 Å². The normalized spacial score (nSPS) is 10.4. The molecule has 150 valence electrons. The van der Waals surface area contributed by atoms with Crippen LogP contribution in [-0.4, -0.2) is 53.4 Å². The molecule has 1 aromatic carbocycles. The number of nitro groups is 1. The van der Waals surface area contributed by atoms with Crippen molar-refractivity contribution in [3.8, 4) is 5.75 Å². The summed E-state index contributed by atoms with van der Waals surface area (Å²) in [5.74, 6) is 0.323. The molecule has 27 heavy (non-hydrogen) atoms. The summed E-state index contributed by atoms with van der Waals surface area (Å²) in [6, 6.07) is 3.97. The maximum atomic E-state index is 12.3. The van der Waals surface area contributed by atoms with Crippen molar-refractivity contribution >= 4 is 17.9 Å². The van der Waals surface area contributed by atoms with Crippen LogP contribution in [0.4, 0.5) is 5.69 Å². The minimum absolute atomic E-state index is 0.0265. The zero-order valence-electron chi connectivity index (χ0n) is 15.8. The lowest BCUT2D eigenvalue weighted by Gasteiger charge is -2.21. The number of nitro benzene ring substituents is 1. The number of rotatable bonds is 14. The van der Waals surface area contributed by atoms with Crippen molar-refractivity contribution in [1.29, 1.82) is 0 Å². The van der Waals surface area contributed by atoms with Gasteiger partial charge in [-0.1, -0.05) is 26.2 Å². The van der Waals surface area contributed by atoms with Gasteiger partial charge < -0.3 is 14.7 Å². The van der Waals surface area contributed by atoms with Crippen molar-refractivity contribution in [3.05, 3.63) is 33.9 Å². The van der Waals surface area contributed by atoms with Gasteiger partial charge in [0.2, 0.25) is 5.91 Å². The zero-order valence-corrected chi connectivity index (χ0v) is 15.8. The molecular formula is C19H28N2O6. The maximum absolute atomic E-state index is 12.3. The molecule has 1 aromatic rings. The maximum Gasteiger partial charge on any atom is 0.280 e. The Kier molecular flexibility index (Phi) is 10.7. The van der Waals surface area contributed by atoms with E-state index >= 15 is 0 Å². The number of ether oxygens (including phenoxy) is 1. The molecule has 8 nitrogen and oxygen atoms in total. The Morgan fingerprint density at radius 2 is 2.04 bits per heavy atom. The zero-order chi connectivity index (χ0) is 20.1. The highest BCUT2D eigenvalue weighted by molar-refractivity contribution is 5.82. The van der Waals surface area contributed by atoms with Crippen LogP contribution < -0.4 is 4.74 Å². The molecule has 0 heterocycles. The lowest BCUT2D eigenvalue weighted by Crippen LogP contribution is -2.34. The van der Waals surface area contributed by atoms with Crippen LogP contribution in [0.3, 0.4) is 0 Å². The Balaban J connectivity index is 2.43. The summed E-state index contributed by atoms with van der Waals surface area (Å²) in [5.41, 5.74) is -0.315. The van der Waals surface area contributed by atoms with Crippen LogP contribution >= 0.6 is 0 Å². The van der Waals surface area contributed by atoms with Gasteiger partial charge in [0.15, 0.2) is 6.29 Å². The van der Waals surface area contributed by atoms with Gasteiger partial charge in [0.05, 0.1) is 23.7 Å². The molecule has 0 aliphatic carbocycles. The van der Waals surface area contributed by atoms with Gasteiger partial charge in [-0.3, -0.25) is 19.7 Å². The van der Waals surface area contributed by atoms with Gasteiger partial charge in [-0.05, 0) is 25.0 Å². The van der Waals surface area contributed by atoms with E-state index in [1.165, 1.54) is 18.2 Å². The molecule has 1 amide bonds. The number of carbonyl (C=O) groups excluding carboxylic acids is 2. The predicted octanol–water partition coefficient (Wildman–Crippen LogP) is 2.97. The molecule has 0 atom stereocenters. The summed E-state index contributed by atoms with van der Waals surface area (Å²) < 4.78 is 5.48. The van der Waals surface area contributed by atoms with E-state index in [2.05, 4.69) is 6.92 Å². The van der Waals surface area contributed by atoms with E-state index in [0.29, 0.717) is 38.0 Å². The molecule has 1 N–H and O–H groups in total. The number of amides is 1. The fraction of sp³-hybridized carbons (Fsp3) is 0.579. The second-order valence-corrected chi connectivity index (χ2v) is 6.21. The monoisotopic (exact) mass is 380 g/mol. The van der Waals surface area contributed by atoms with E-state index in [0.717, 1.165) is 25.7 Å². The SMILES string of the molecule is CCCCCCN(CCO)C(=O)CCCOc1ccc([N+](=O)[O-])c(C=O)c1. The number of hydrogen-bond acceptors (Lipinski definition) is 6. The minimum atomic E-state index is -0.623. The first-order chi connectivity index (χ1) is 13.0. The Morgan fingerprint density at radius 3 is 2.67 bits per heavy atom. The molecule has 0 unspecified atom stereocenters. The molecule has 8 heteroatoms. The molecule has 0 aliphatic heterocycles. The average molecular weight is 380 g/mol. The number of carbonyl (C=O) groups is 2. The number of benzene rings is 1. The van der Waals surface area contributed by atoms with Gasteiger partial charge in [-0.15, -0.1) is 0 Å². The second kappa shape index (κ2) is 12.8. The summed E-state index contributed by atoms with van der Waals surface area (Å²) in [6.45, 7) is 3.29. The summed E-state index contributed by atoms with van der Waals surface area (Å²) in [5, 5.41) is 19.9. The van der Waals surface area contributed by atoms with Crippen molar-refractivity contribution in [2.24, 2.45) is 0 Å². The first-order valence-electron chi connectivity index (χ1n) is 9.28. The third kappa shape index (κ3) is 8.17. The van der Waals surface area contributed by atoms with E-state index in [-0.39, 0.29) is 30.4 Å². The summed E-state index contributed by atoms with van der Waals surface area (Å²) in [7, 11) is 0. The fourth-order valence-electron chi connectivity index (χ4n) is 2.67. The smallest absolute Gasteiger partial charge is 0.280 e. The van der Waals surface area contributed by atoms with Gasteiger partial charge in [0, 0.05) is 25.6 Å². The van der Waals surface area contributed by atoms with E-state index in [1.807, 2.05) is 0 Å². The van der Waals surface area contributed by atoms with Crippen LogP contribution in [0.1, 0.15) is 55.8 Å². The van der Waals surface area contributed by atoms with Gasteiger partial charge in [0.1, 0.15) is 5.75 Å². The second-order valence-electron chi connectivity index (χ2n) is 6.21. The Labute approximate surface area is 159 Å². The van der Waals surface area contributed by atoms with Gasteiger partial charge in [-0.25, -0.2) is 0 Å². The number of aldehydes is 1. The third-order valence-corrected chi connectivity index (χ3v) is 4.13. The van der Waals surface area contributed by atoms with Crippen LogP contribution in [0.5, 0.6) is 5.75 Å². The molecule has 0 aromatic heterocycles. The standard InChI is InChI=1S/C19H28N2O6/c1-2-3-4-5-10-20(11-12-22)19(24)7-6-13-27-17-8-9-18(21(25)26)16(14-17)15-23/h8-9,14-15,22H,2-7,10-13H2,1H3. The topological polar surface area (TPSA) is 110 Å². The number of hydrogen-bond donors (Lipinski definition) is 1. The molecule has 0 spiro atoms. The van der Waals surface area contributed by atoms with Crippen LogP contribution in [-0.2, 0) is 4.79 Å². The third-order valence-electron chi connectivity index (χ3n) is 4.13. The number of unbranched alkanes of at least 4 members (excludes halogenated alkanes) is 3. The number of aliphatic hydroxyl groups is 1. The van der Waals surface area contributed by atoms with E-state index in [4.69, 9.17) is 9.84 Å². The van der Waals surface area contributed by atoms with E-state index in [9.17, 15) is 19.7 Å².